The number of nitriles is 1. The Morgan fingerprint density at radius 3 is 2.92 bits per heavy atom. The van der Waals surface area contributed by atoms with Gasteiger partial charge < -0.3 is 15.4 Å². The van der Waals surface area contributed by atoms with Crippen LogP contribution in [0.5, 0.6) is 5.75 Å². The number of hydrogen-bond donors (Lipinski definition) is 2. The molecular formula is C18H17ClN4O2. The number of nitrogens with one attached hydrogen (secondary N) is 2. The Hall–Kier alpha value is -3.04. The van der Waals surface area contributed by atoms with Crippen molar-refractivity contribution in [1.29, 1.82) is 5.26 Å². The second-order valence-electron chi connectivity index (χ2n) is 5.16. The van der Waals surface area contributed by atoms with Gasteiger partial charge in [-0.1, -0.05) is 17.7 Å². The molecule has 0 aliphatic heterocycles. The van der Waals surface area contributed by atoms with E-state index in [0.717, 1.165) is 11.1 Å². The summed E-state index contributed by atoms with van der Waals surface area (Å²) < 4.78 is 5.25. The first-order chi connectivity index (χ1) is 12.0. The summed E-state index contributed by atoms with van der Waals surface area (Å²) in [6.07, 6.45) is 4.64. The van der Waals surface area contributed by atoms with Gasteiger partial charge in [-0.25, -0.2) is 0 Å². The third-order valence-corrected chi connectivity index (χ3v) is 3.80. The van der Waals surface area contributed by atoms with Crippen molar-refractivity contribution in [2.24, 2.45) is 0 Å². The van der Waals surface area contributed by atoms with E-state index >= 15 is 0 Å². The number of anilines is 1. The molecular weight excluding hydrogens is 340 g/mol. The minimum absolute atomic E-state index is 0.0569. The molecule has 0 aliphatic carbocycles. The molecule has 0 bridgehead atoms. The van der Waals surface area contributed by atoms with E-state index < -0.39 is 5.91 Å². The molecule has 2 N–H and O–H groups in total. The van der Waals surface area contributed by atoms with Crippen LogP contribution in [0, 0.1) is 18.3 Å². The van der Waals surface area contributed by atoms with E-state index in [9.17, 15) is 10.1 Å². The monoisotopic (exact) mass is 356 g/mol. The van der Waals surface area contributed by atoms with E-state index in [1.807, 2.05) is 19.1 Å². The van der Waals surface area contributed by atoms with Crippen LogP contribution in [0.15, 0.2) is 48.4 Å². The van der Waals surface area contributed by atoms with Crippen molar-refractivity contribution < 1.29 is 9.53 Å². The van der Waals surface area contributed by atoms with Gasteiger partial charge in [0, 0.05) is 36.2 Å². The highest BCUT2D eigenvalue weighted by molar-refractivity contribution is 6.31. The Balaban J connectivity index is 2.09. The predicted octanol–water partition coefficient (Wildman–Crippen LogP) is 3.19. The number of methoxy groups -OCH3 is 1. The van der Waals surface area contributed by atoms with Gasteiger partial charge >= 0.3 is 0 Å². The van der Waals surface area contributed by atoms with Crippen LogP contribution >= 0.6 is 11.6 Å². The Morgan fingerprint density at radius 1 is 1.48 bits per heavy atom. The van der Waals surface area contributed by atoms with Gasteiger partial charge in [0.2, 0.25) is 0 Å². The van der Waals surface area contributed by atoms with Gasteiger partial charge in [-0.2, -0.15) is 5.26 Å². The lowest BCUT2D eigenvalue weighted by molar-refractivity contribution is -0.117. The van der Waals surface area contributed by atoms with Crippen LogP contribution in [0.1, 0.15) is 11.1 Å². The largest absolute Gasteiger partial charge is 0.495 e. The smallest absolute Gasteiger partial charge is 0.263 e. The molecule has 0 atom stereocenters. The molecule has 1 amide bonds. The number of aryl methyl sites for hydroxylation is 1. The highest BCUT2D eigenvalue weighted by Gasteiger charge is 2.10. The number of carbonyl (C=O) groups is 1. The molecule has 0 fully saturated rings. The number of benzene rings is 1. The third-order valence-electron chi connectivity index (χ3n) is 3.39. The van der Waals surface area contributed by atoms with Crippen LogP contribution in [0.25, 0.3) is 0 Å². The van der Waals surface area contributed by atoms with Crippen LogP contribution in [-0.4, -0.2) is 18.0 Å². The van der Waals surface area contributed by atoms with Crippen molar-refractivity contribution in [2.45, 2.75) is 13.5 Å². The van der Waals surface area contributed by atoms with Gasteiger partial charge in [0.05, 0.1) is 12.8 Å². The maximum atomic E-state index is 12.1. The summed E-state index contributed by atoms with van der Waals surface area (Å²) in [5.74, 6) is 0.0309. The standard InChI is InChI=1S/C18H17ClN4O2/c1-12-6-16(17(25-2)7-15(12)19)22-11-14(8-20)18(24)23-10-13-4-3-5-21-9-13/h3-7,9,11,22H,10H2,1-2H3,(H,23,24)/b14-11-. The molecule has 7 heteroatoms. The van der Waals surface area contributed by atoms with Crippen molar-refractivity contribution in [1.82, 2.24) is 10.3 Å². The Labute approximate surface area is 151 Å². The second kappa shape index (κ2) is 8.71. The Bertz CT molecular complexity index is 829. The van der Waals surface area contributed by atoms with Crippen LogP contribution < -0.4 is 15.4 Å². The molecule has 25 heavy (non-hydrogen) atoms. The number of nitrogens with zero attached hydrogens (tertiary/aromatic N) is 2. The number of halogens is 1. The van der Waals surface area contributed by atoms with E-state index in [2.05, 4.69) is 15.6 Å². The van der Waals surface area contributed by atoms with Crippen molar-refractivity contribution in [3.8, 4) is 11.8 Å². The first-order valence-electron chi connectivity index (χ1n) is 7.43. The van der Waals surface area contributed by atoms with Gasteiger partial charge in [-0.15, -0.1) is 0 Å². The molecule has 0 saturated heterocycles. The minimum Gasteiger partial charge on any atom is -0.495 e. The zero-order valence-corrected chi connectivity index (χ0v) is 14.6. The average molecular weight is 357 g/mol. The van der Waals surface area contributed by atoms with Crippen molar-refractivity contribution in [3.05, 3.63) is 64.6 Å². The fourth-order valence-corrected chi connectivity index (χ4v) is 2.18. The van der Waals surface area contributed by atoms with Gasteiger partial charge in [0.1, 0.15) is 17.4 Å². The molecule has 0 saturated carbocycles. The topological polar surface area (TPSA) is 87.0 Å². The van der Waals surface area contributed by atoms with E-state index in [1.165, 1.54) is 13.3 Å². The number of carbonyl (C=O) groups excluding carboxylic acids is 1. The molecule has 1 aromatic heterocycles. The second-order valence-corrected chi connectivity index (χ2v) is 5.57. The van der Waals surface area contributed by atoms with Crippen LogP contribution in [-0.2, 0) is 11.3 Å². The maximum absolute atomic E-state index is 12.1. The van der Waals surface area contributed by atoms with Crippen molar-refractivity contribution >= 4 is 23.2 Å². The lowest BCUT2D eigenvalue weighted by atomic mass is 10.2. The van der Waals surface area contributed by atoms with E-state index in [1.54, 1.807) is 30.6 Å². The van der Waals surface area contributed by atoms with Gasteiger partial charge in [-0.05, 0) is 30.2 Å². The summed E-state index contributed by atoms with van der Waals surface area (Å²) in [6.45, 7) is 2.14. The van der Waals surface area contributed by atoms with Crippen molar-refractivity contribution in [3.63, 3.8) is 0 Å². The number of pyridine rings is 1. The van der Waals surface area contributed by atoms with Crippen LogP contribution in [0.2, 0.25) is 5.02 Å². The number of rotatable bonds is 6. The van der Waals surface area contributed by atoms with Crippen LogP contribution in [0.3, 0.4) is 0 Å². The number of hydrogen-bond acceptors (Lipinski definition) is 5. The predicted molar refractivity (Wildman–Crippen MR) is 96.1 cm³/mol. The van der Waals surface area contributed by atoms with Gasteiger partial charge in [0.25, 0.3) is 5.91 Å². The normalized spacial score (nSPS) is 10.7. The molecule has 0 aliphatic rings. The van der Waals surface area contributed by atoms with E-state index in [4.69, 9.17) is 16.3 Å². The SMILES string of the molecule is COc1cc(Cl)c(C)cc1N/C=C(/C#N)C(=O)NCc1cccnc1. The van der Waals surface area contributed by atoms with Crippen LogP contribution in [0.4, 0.5) is 5.69 Å². The quantitative estimate of drug-likeness (QED) is 0.613. The average Bonchev–Trinajstić information content (AvgIpc) is 2.63. The van der Waals surface area contributed by atoms with Gasteiger partial charge in [-0.3, -0.25) is 9.78 Å². The lowest BCUT2D eigenvalue weighted by Crippen LogP contribution is -2.24. The molecule has 0 radical (unpaired) electrons. The fraction of sp³-hybridized carbons (Fsp3) is 0.167. The zero-order chi connectivity index (χ0) is 18.2. The zero-order valence-electron chi connectivity index (χ0n) is 13.8. The van der Waals surface area contributed by atoms with E-state index in [0.29, 0.717) is 16.5 Å². The molecule has 1 aromatic carbocycles. The first kappa shape index (κ1) is 18.3. The highest BCUT2D eigenvalue weighted by Crippen LogP contribution is 2.31. The highest BCUT2D eigenvalue weighted by atomic mass is 35.5. The Kier molecular flexibility index (Phi) is 6.38. The molecule has 1 heterocycles. The molecule has 128 valence electrons. The molecule has 2 rings (SSSR count). The van der Waals surface area contributed by atoms with Gasteiger partial charge in [0.15, 0.2) is 0 Å². The number of ether oxygens (including phenoxy) is 1. The molecule has 0 unspecified atom stereocenters. The number of amides is 1. The molecule has 2 aromatic rings. The summed E-state index contributed by atoms with van der Waals surface area (Å²) in [5.41, 5.74) is 2.24. The number of aromatic nitrogens is 1. The van der Waals surface area contributed by atoms with Crippen molar-refractivity contribution in [2.75, 3.05) is 12.4 Å². The Morgan fingerprint density at radius 2 is 2.28 bits per heavy atom. The summed E-state index contributed by atoms with van der Waals surface area (Å²) in [5, 5.41) is 15.4. The third kappa shape index (κ3) is 4.96. The first-order valence-corrected chi connectivity index (χ1v) is 7.81. The van der Waals surface area contributed by atoms with E-state index in [-0.39, 0.29) is 12.1 Å². The minimum atomic E-state index is -0.483. The maximum Gasteiger partial charge on any atom is 0.263 e. The lowest BCUT2D eigenvalue weighted by Gasteiger charge is -2.11. The summed E-state index contributed by atoms with van der Waals surface area (Å²) in [7, 11) is 1.52. The summed E-state index contributed by atoms with van der Waals surface area (Å²) >= 11 is 6.06. The summed E-state index contributed by atoms with van der Waals surface area (Å²) in [4.78, 5) is 16.1. The molecule has 0 spiro atoms. The fourth-order valence-electron chi connectivity index (χ4n) is 2.02. The summed E-state index contributed by atoms with van der Waals surface area (Å²) in [6, 6.07) is 8.94. The molecule has 6 nitrogen and oxygen atoms in total.